The van der Waals surface area contributed by atoms with E-state index in [-0.39, 0.29) is 19.5 Å². The fraction of sp³-hybridized carbons (Fsp3) is 0.778. The number of piperidine rings is 1. The first-order valence-corrected chi connectivity index (χ1v) is 13.9. The Morgan fingerprint density at radius 1 is 1.09 bits per heavy atom. The maximum Gasteiger partial charge on any atom is 0.471 e. The number of Topliss-reactive ketones (excluding diaryl/α,β-unsaturated/α-hetero) is 1. The molecule has 4 aliphatic rings. The van der Waals surface area contributed by atoms with Gasteiger partial charge in [-0.25, -0.2) is 8.78 Å². The summed E-state index contributed by atoms with van der Waals surface area (Å²) in [6.07, 6.45) is -5.25. The lowest BCUT2D eigenvalue weighted by Gasteiger charge is -2.42. The minimum absolute atomic E-state index is 0.236. The second-order valence-electron chi connectivity index (χ2n) is 13.7. The van der Waals surface area contributed by atoms with Gasteiger partial charge in [-0.15, -0.1) is 0 Å². The van der Waals surface area contributed by atoms with E-state index in [1.807, 2.05) is 0 Å². The van der Waals surface area contributed by atoms with E-state index in [1.165, 1.54) is 20.8 Å². The standard InChI is InChI=1S/C27H36F5N5O6/c1-23(2,3)16(35-22(43)27(30,31)32)21(42)37-9-14-24(4,5)26(14,17(37)18(33)39)13(8-12-6-7-34-19(12)40)15(38)20(41)36-10-25(28,29)11-36/h12-14,16-17H,6-11H2,1-5H3,(H2,33,39)(H,34,40)(H,35,43)/t12-,13-,14?,16-,17?,26?/m1/s1. The van der Waals surface area contributed by atoms with Crippen LogP contribution in [0.2, 0.25) is 0 Å². The second kappa shape index (κ2) is 10.1. The van der Waals surface area contributed by atoms with Gasteiger partial charge in [-0.1, -0.05) is 34.6 Å². The topological polar surface area (TPSA) is 159 Å². The van der Waals surface area contributed by atoms with Crippen LogP contribution in [-0.4, -0.2) is 95.5 Å². The van der Waals surface area contributed by atoms with Crippen molar-refractivity contribution in [3.8, 4) is 0 Å². The lowest BCUT2D eigenvalue weighted by atomic mass is 9.70. The molecule has 0 aromatic rings. The van der Waals surface area contributed by atoms with E-state index in [2.05, 4.69) is 5.32 Å². The number of nitrogens with one attached hydrogen (secondary N) is 2. The van der Waals surface area contributed by atoms with Crippen LogP contribution in [0.25, 0.3) is 0 Å². The average Bonchev–Trinajstić information content (AvgIpc) is 3.19. The van der Waals surface area contributed by atoms with Crippen molar-refractivity contribution in [2.24, 2.45) is 39.7 Å². The molecule has 4 rings (SSSR count). The summed E-state index contributed by atoms with van der Waals surface area (Å²) in [4.78, 5) is 80.1. The van der Waals surface area contributed by atoms with Gasteiger partial charge in [-0.05, 0) is 29.6 Å². The van der Waals surface area contributed by atoms with Crippen LogP contribution in [-0.2, 0) is 28.8 Å². The summed E-state index contributed by atoms with van der Waals surface area (Å²) in [7, 11) is 0. The van der Waals surface area contributed by atoms with Gasteiger partial charge in [0, 0.05) is 30.3 Å². The minimum Gasteiger partial charge on any atom is -0.368 e. The minimum atomic E-state index is -5.31. The molecule has 1 aliphatic carbocycles. The Labute approximate surface area is 244 Å². The number of primary amides is 1. The van der Waals surface area contributed by atoms with Crippen LogP contribution in [0.15, 0.2) is 0 Å². The lowest BCUT2D eigenvalue weighted by molar-refractivity contribution is -0.176. The van der Waals surface area contributed by atoms with E-state index in [0.29, 0.717) is 11.3 Å². The van der Waals surface area contributed by atoms with Crippen molar-refractivity contribution in [2.45, 2.75) is 71.6 Å². The molecule has 0 aromatic carbocycles. The Kier molecular flexibility index (Phi) is 7.66. The van der Waals surface area contributed by atoms with Gasteiger partial charge < -0.3 is 26.2 Å². The first-order valence-electron chi connectivity index (χ1n) is 13.9. The predicted octanol–water partition coefficient (Wildman–Crippen LogP) is 0.607. The number of nitrogens with two attached hydrogens (primary N) is 1. The first-order chi connectivity index (χ1) is 19.5. The highest BCUT2D eigenvalue weighted by molar-refractivity contribution is 6.37. The summed E-state index contributed by atoms with van der Waals surface area (Å²) in [5, 5.41) is 4.34. The van der Waals surface area contributed by atoms with Crippen LogP contribution >= 0.6 is 0 Å². The maximum atomic E-state index is 13.9. The maximum absolute atomic E-state index is 13.9. The zero-order chi connectivity index (χ0) is 32.7. The van der Waals surface area contributed by atoms with Gasteiger partial charge in [-0.2, -0.15) is 13.2 Å². The number of likely N-dealkylation sites (tertiary alicyclic amines) is 2. The number of carbonyl (C=O) groups excluding carboxylic acids is 6. The quantitative estimate of drug-likeness (QED) is 0.266. The highest BCUT2D eigenvalue weighted by Crippen LogP contribution is 2.79. The highest BCUT2D eigenvalue weighted by Gasteiger charge is 2.84. The number of nitrogens with zero attached hydrogens (tertiary/aromatic N) is 2. The van der Waals surface area contributed by atoms with Crippen molar-refractivity contribution >= 4 is 35.3 Å². The van der Waals surface area contributed by atoms with Gasteiger partial charge in [-0.3, -0.25) is 28.8 Å². The molecule has 1 saturated carbocycles. The molecule has 3 heterocycles. The molecular formula is C27H36F5N5O6. The largest absolute Gasteiger partial charge is 0.471 e. The Bertz CT molecular complexity index is 1260. The van der Waals surface area contributed by atoms with E-state index >= 15 is 0 Å². The molecule has 4 fully saturated rings. The fourth-order valence-corrected chi connectivity index (χ4v) is 7.57. The molecule has 3 aliphatic heterocycles. The number of amides is 5. The number of alkyl halides is 5. The molecule has 3 saturated heterocycles. The van der Waals surface area contributed by atoms with Gasteiger partial charge in [0.2, 0.25) is 23.5 Å². The van der Waals surface area contributed by atoms with Crippen molar-refractivity contribution in [3.63, 3.8) is 0 Å². The molecular weight excluding hydrogens is 585 g/mol. The number of hydrogen-bond acceptors (Lipinski definition) is 6. The molecule has 0 aromatic heterocycles. The zero-order valence-corrected chi connectivity index (χ0v) is 24.4. The van der Waals surface area contributed by atoms with Crippen LogP contribution in [0.1, 0.15) is 47.5 Å². The van der Waals surface area contributed by atoms with Gasteiger partial charge in [0.25, 0.3) is 11.8 Å². The van der Waals surface area contributed by atoms with E-state index in [0.717, 1.165) is 4.90 Å². The van der Waals surface area contributed by atoms with Gasteiger partial charge >= 0.3 is 12.1 Å². The predicted molar refractivity (Wildman–Crippen MR) is 138 cm³/mol. The lowest BCUT2D eigenvalue weighted by Crippen LogP contribution is -2.63. The van der Waals surface area contributed by atoms with E-state index in [9.17, 15) is 50.7 Å². The highest BCUT2D eigenvalue weighted by atomic mass is 19.4. The Morgan fingerprint density at radius 2 is 1.67 bits per heavy atom. The van der Waals surface area contributed by atoms with Crippen molar-refractivity contribution in [1.29, 1.82) is 0 Å². The summed E-state index contributed by atoms with van der Waals surface area (Å²) in [6, 6.07) is -3.38. The Morgan fingerprint density at radius 3 is 2.12 bits per heavy atom. The normalized spacial score (nSPS) is 30.5. The zero-order valence-electron chi connectivity index (χ0n) is 24.4. The summed E-state index contributed by atoms with van der Waals surface area (Å²) in [5.41, 5.74) is 2.08. The van der Waals surface area contributed by atoms with Gasteiger partial charge in [0.15, 0.2) is 0 Å². The summed E-state index contributed by atoms with van der Waals surface area (Å²) < 4.78 is 66.6. The molecule has 16 heteroatoms. The molecule has 0 radical (unpaired) electrons. The summed E-state index contributed by atoms with van der Waals surface area (Å²) in [5.74, 6) is -13.3. The van der Waals surface area contributed by atoms with Crippen molar-refractivity contribution < 1.29 is 50.7 Å². The molecule has 6 atom stereocenters. The molecule has 4 N–H and O–H groups in total. The third-order valence-electron chi connectivity index (χ3n) is 9.74. The molecule has 11 nitrogen and oxygen atoms in total. The van der Waals surface area contributed by atoms with Gasteiger partial charge in [0.1, 0.15) is 12.1 Å². The number of ketones is 1. The fourth-order valence-electron chi connectivity index (χ4n) is 7.57. The molecule has 43 heavy (non-hydrogen) atoms. The number of carbonyl (C=O) groups is 6. The van der Waals surface area contributed by atoms with Crippen molar-refractivity contribution in [2.75, 3.05) is 26.2 Å². The third-order valence-corrected chi connectivity index (χ3v) is 9.74. The van der Waals surface area contributed by atoms with Crippen LogP contribution in [0.4, 0.5) is 22.0 Å². The van der Waals surface area contributed by atoms with E-state index in [4.69, 9.17) is 5.73 Å². The Hall–Kier alpha value is -3.33. The Balaban J connectivity index is 1.76. The number of rotatable bonds is 8. The van der Waals surface area contributed by atoms with Crippen LogP contribution in [0.5, 0.6) is 0 Å². The van der Waals surface area contributed by atoms with E-state index in [1.54, 1.807) is 19.2 Å². The number of fused-ring (bicyclic) bond motifs is 1. The monoisotopic (exact) mass is 621 g/mol. The molecule has 240 valence electrons. The summed E-state index contributed by atoms with van der Waals surface area (Å²) in [6.45, 7) is 5.67. The molecule has 0 spiro atoms. The molecule has 5 amide bonds. The van der Waals surface area contributed by atoms with Crippen LogP contribution in [0, 0.1) is 34.0 Å². The third kappa shape index (κ3) is 5.23. The van der Waals surface area contributed by atoms with Crippen molar-refractivity contribution in [3.05, 3.63) is 0 Å². The number of halogens is 5. The first kappa shape index (κ1) is 32.6. The number of hydrogen-bond donors (Lipinski definition) is 3. The van der Waals surface area contributed by atoms with E-state index < -0.39 is 107 Å². The molecule has 3 unspecified atom stereocenters. The SMILES string of the molecule is CC(C)(C)[C@H](NC(=O)C(F)(F)F)C(=O)N1CC2C(C)(C)C2([C@H](C[C@H]2CCNC2=O)C(=O)C(=O)N2CC(F)(F)C2)C1C(N)=O. The summed E-state index contributed by atoms with van der Waals surface area (Å²) >= 11 is 0. The average molecular weight is 622 g/mol. The smallest absolute Gasteiger partial charge is 0.368 e. The second-order valence-corrected chi connectivity index (χ2v) is 13.7. The van der Waals surface area contributed by atoms with Crippen LogP contribution < -0.4 is 16.4 Å². The van der Waals surface area contributed by atoms with Crippen LogP contribution in [0.3, 0.4) is 0 Å². The van der Waals surface area contributed by atoms with Crippen molar-refractivity contribution in [1.82, 2.24) is 20.4 Å². The van der Waals surface area contributed by atoms with Gasteiger partial charge in [0.05, 0.1) is 13.1 Å². The molecule has 0 bridgehead atoms.